The summed E-state index contributed by atoms with van der Waals surface area (Å²) in [6.45, 7) is 2.82. The third-order valence-corrected chi connectivity index (χ3v) is 3.46. The van der Waals surface area contributed by atoms with Crippen molar-refractivity contribution in [2.75, 3.05) is 20.8 Å². The van der Waals surface area contributed by atoms with Crippen molar-refractivity contribution < 1.29 is 9.47 Å². The van der Waals surface area contributed by atoms with Crippen molar-refractivity contribution in [1.29, 1.82) is 0 Å². The maximum atomic E-state index is 6.38. The smallest absolute Gasteiger partial charge is 0.179 e. The van der Waals surface area contributed by atoms with Gasteiger partial charge in [-0.05, 0) is 49.4 Å². The normalized spacial score (nSPS) is 10.5. The SMILES string of the molecule is CCc1c(CCCCN)cc(OC)c(OC)c1Cl. The molecule has 0 atom stereocenters. The Bertz CT molecular complexity index is 394. The van der Waals surface area contributed by atoms with E-state index in [0.29, 0.717) is 16.5 Å². The van der Waals surface area contributed by atoms with Crippen LogP contribution in [0.25, 0.3) is 0 Å². The molecule has 0 bridgehead atoms. The molecule has 18 heavy (non-hydrogen) atoms. The van der Waals surface area contributed by atoms with Gasteiger partial charge in [0, 0.05) is 0 Å². The second-order valence-electron chi connectivity index (χ2n) is 4.16. The lowest BCUT2D eigenvalue weighted by Crippen LogP contribution is -2.02. The van der Waals surface area contributed by atoms with Crippen molar-refractivity contribution in [1.82, 2.24) is 0 Å². The molecular formula is C14H22ClNO2. The van der Waals surface area contributed by atoms with Crippen LogP contribution < -0.4 is 15.2 Å². The van der Waals surface area contributed by atoms with Crippen molar-refractivity contribution in [3.8, 4) is 11.5 Å². The molecule has 0 spiro atoms. The van der Waals surface area contributed by atoms with Gasteiger partial charge >= 0.3 is 0 Å². The fourth-order valence-electron chi connectivity index (χ4n) is 2.10. The highest BCUT2D eigenvalue weighted by molar-refractivity contribution is 6.33. The Kier molecular flexibility index (Phi) is 6.30. The van der Waals surface area contributed by atoms with Crippen molar-refractivity contribution in [2.45, 2.75) is 32.6 Å². The van der Waals surface area contributed by atoms with Crippen molar-refractivity contribution >= 4 is 11.6 Å². The summed E-state index contributed by atoms with van der Waals surface area (Å²) in [4.78, 5) is 0. The molecule has 102 valence electrons. The molecule has 0 unspecified atom stereocenters. The molecule has 0 heterocycles. The van der Waals surface area contributed by atoms with Gasteiger partial charge in [0.05, 0.1) is 19.2 Å². The zero-order valence-electron chi connectivity index (χ0n) is 11.4. The molecule has 0 amide bonds. The maximum absolute atomic E-state index is 6.38. The third kappa shape index (κ3) is 3.30. The topological polar surface area (TPSA) is 44.5 Å². The van der Waals surface area contributed by atoms with Crippen LogP contribution in [-0.4, -0.2) is 20.8 Å². The number of hydrogen-bond acceptors (Lipinski definition) is 3. The molecule has 0 aliphatic rings. The average molecular weight is 272 g/mol. The molecule has 1 aromatic rings. The van der Waals surface area contributed by atoms with E-state index in [1.807, 2.05) is 6.07 Å². The van der Waals surface area contributed by atoms with E-state index >= 15 is 0 Å². The second-order valence-corrected chi connectivity index (χ2v) is 4.54. The molecule has 1 aromatic carbocycles. The number of rotatable bonds is 7. The van der Waals surface area contributed by atoms with Crippen molar-refractivity contribution in [3.05, 3.63) is 22.2 Å². The minimum absolute atomic E-state index is 0.624. The van der Waals surface area contributed by atoms with Crippen LogP contribution >= 0.6 is 11.6 Å². The first-order valence-electron chi connectivity index (χ1n) is 6.31. The van der Waals surface area contributed by atoms with Crippen LogP contribution in [-0.2, 0) is 12.8 Å². The van der Waals surface area contributed by atoms with Gasteiger partial charge in [0.1, 0.15) is 0 Å². The number of halogens is 1. The Morgan fingerprint density at radius 1 is 1.22 bits per heavy atom. The van der Waals surface area contributed by atoms with Gasteiger partial charge in [-0.3, -0.25) is 0 Å². The standard InChI is InChI=1S/C14H22ClNO2/c1-4-11-10(7-5-6-8-16)9-12(17-2)14(18-3)13(11)15/h9H,4-8,16H2,1-3H3. The molecule has 3 nitrogen and oxygen atoms in total. The number of benzene rings is 1. The van der Waals surface area contributed by atoms with E-state index in [9.17, 15) is 0 Å². The summed E-state index contributed by atoms with van der Waals surface area (Å²) in [6.07, 6.45) is 3.95. The Morgan fingerprint density at radius 3 is 2.44 bits per heavy atom. The first-order valence-corrected chi connectivity index (χ1v) is 6.69. The highest BCUT2D eigenvalue weighted by Crippen LogP contribution is 2.40. The minimum Gasteiger partial charge on any atom is -0.493 e. The molecule has 0 fully saturated rings. The number of ether oxygens (including phenoxy) is 2. The van der Waals surface area contributed by atoms with Crippen LogP contribution in [0.2, 0.25) is 5.02 Å². The van der Waals surface area contributed by atoms with E-state index in [-0.39, 0.29) is 0 Å². The molecule has 4 heteroatoms. The van der Waals surface area contributed by atoms with E-state index in [1.165, 1.54) is 5.56 Å². The lowest BCUT2D eigenvalue weighted by Gasteiger charge is -2.16. The molecule has 1 rings (SSSR count). The van der Waals surface area contributed by atoms with Crippen LogP contribution in [0.5, 0.6) is 11.5 Å². The summed E-state index contributed by atoms with van der Waals surface area (Å²) < 4.78 is 10.6. The lowest BCUT2D eigenvalue weighted by atomic mass is 9.99. The molecule has 0 saturated carbocycles. The Labute approximate surface area is 114 Å². The number of methoxy groups -OCH3 is 2. The quantitative estimate of drug-likeness (QED) is 0.775. The van der Waals surface area contributed by atoms with Gasteiger partial charge in [-0.1, -0.05) is 18.5 Å². The average Bonchev–Trinajstić information content (AvgIpc) is 2.38. The largest absolute Gasteiger partial charge is 0.493 e. The molecule has 0 aliphatic heterocycles. The number of unbranched alkanes of at least 4 members (excludes halogenated alkanes) is 1. The maximum Gasteiger partial charge on any atom is 0.179 e. The van der Waals surface area contributed by atoms with E-state index < -0.39 is 0 Å². The third-order valence-electron chi connectivity index (χ3n) is 3.06. The highest BCUT2D eigenvalue weighted by Gasteiger charge is 2.16. The van der Waals surface area contributed by atoms with E-state index in [4.69, 9.17) is 26.8 Å². The molecule has 0 saturated heterocycles. The van der Waals surface area contributed by atoms with Gasteiger partial charge in [0.25, 0.3) is 0 Å². The zero-order valence-corrected chi connectivity index (χ0v) is 12.1. The van der Waals surface area contributed by atoms with Crippen LogP contribution in [0.3, 0.4) is 0 Å². The summed E-state index contributed by atoms with van der Waals surface area (Å²) in [6, 6.07) is 2.03. The Morgan fingerprint density at radius 2 is 1.94 bits per heavy atom. The zero-order chi connectivity index (χ0) is 13.5. The van der Waals surface area contributed by atoms with Gasteiger partial charge in [0.15, 0.2) is 11.5 Å². The monoisotopic (exact) mass is 271 g/mol. The fourth-order valence-corrected chi connectivity index (χ4v) is 2.53. The molecule has 0 aliphatic carbocycles. The van der Waals surface area contributed by atoms with Crippen molar-refractivity contribution in [2.24, 2.45) is 5.73 Å². The predicted molar refractivity (Wildman–Crippen MR) is 75.9 cm³/mol. The highest BCUT2D eigenvalue weighted by atomic mass is 35.5. The summed E-state index contributed by atoms with van der Waals surface area (Å²) >= 11 is 6.38. The second kappa shape index (κ2) is 7.49. The first kappa shape index (κ1) is 15.1. The minimum atomic E-state index is 0.624. The van der Waals surface area contributed by atoms with E-state index in [0.717, 1.165) is 37.8 Å². The predicted octanol–water partition coefficient (Wildman–Crippen LogP) is 3.20. The summed E-state index contributed by atoms with van der Waals surface area (Å²) in [7, 11) is 3.24. The molecule has 0 aromatic heterocycles. The molecule has 0 radical (unpaired) electrons. The van der Waals surface area contributed by atoms with E-state index in [2.05, 4.69) is 6.92 Å². The summed E-state index contributed by atoms with van der Waals surface area (Å²) in [5.41, 5.74) is 7.90. The Balaban J connectivity index is 3.11. The number of nitrogens with two attached hydrogens (primary N) is 1. The first-order chi connectivity index (χ1) is 8.69. The molecular weight excluding hydrogens is 250 g/mol. The van der Waals surface area contributed by atoms with Crippen molar-refractivity contribution in [3.63, 3.8) is 0 Å². The summed E-state index contributed by atoms with van der Waals surface area (Å²) in [5.74, 6) is 1.32. The van der Waals surface area contributed by atoms with Gasteiger partial charge in [-0.25, -0.2) is 0 Å². The van der Waals surface area contributed by atoms with Gasteiger partial charge in [-0.2, -0.15) is 0 Å². The van der Waals surface area contributed by atoms with Gasteiger partial charge in [-0.15, -0.1) is 0 Å². The van der Waals surface area contributed by atoms with Gasteiger partial charge in [0.2, 0.25) is 0 Å². The van der Waals surface area contributed by atoms with Crippen LogP contribution in [0.15, 0.2) is 6.07 Å². The molecule has 2 N–H and O–H groups in total. The summed E-state index contributed by atoms with van der Waals surface area (Å²) in [5, 5.41) is 0.669. The van der Waals surface area contributed by atoms with Crippen LogP contribution in [0, 0.1) is 0 Å². The fraction of sp³-hybridized carbons (Fsp3) is 0.571. The number of hydrogen-bond donors (Lipinski definition) is 1. The van der Waals surface area contributed by atoms with Crippen LogP contribution in [0.4, 0.5) is 0 Å². The van der Waals surface area contributed by atoms with Gasteiger partial charge < -0.3 is 15.2 Å². The Hall–Kier alpha value is -0.930. The van der Waals surface area contributed by atoms with E-state index in [1.54, 1.807) is 14.2 Å². The lowest BCUT2D eigenvalue weighted by molar-refractivity contribution is 0.354. The van der Waals surface area contributed by atoms with Crippen LogP contribution in [0.1, 0.15) is 30.9 Å². The number of aryl methyl sites for hydroxylation is 1.